The number of ether oxygens (including phenoxy) is 1. The van der Waals surface area contributed by atoms with Gasteiger partial charge >= 0.3 is 17.8 Å². The summed E-state index contributed by atoms with van der Waals surface area (Å²) in [6.07, 6.45) is -5.92. The van der Waals surface area contributed by atoms with Crippen LogP contribution in [-0.4, -0.2) is 61.8 Å². The molecule has 2 atom stereocenters. The molecule has 14 heteroatoms. The minimum atomic E-state index is -5.19. The molecule has 0 saturated carbocycles. The summed E-state index contributed by atoms with van der Waals surface area (Å²) in [6.45, 7) is 3.80. The Balaban J connectivity index is 1.87. The van der Waals surface area contributed by atoms with E-state index in [2.05, 4.69) is 10.3 Å². The van der Waals surface area contributed by atoms with Crippen LogP contribution in [0.5, 0.6) is 0 Å². The summed E-state index contributed by atoms with van der Waals surface area (Å²) in [5, 5.41) is 13.6. The lowest BCUT2D eigenvalue weighted by Gasteiger charge is -2.36. The van der Waals surface area contributed by atoms with E-state index in [0.29, 0.717) is 12.1 Å². The lowest BCUT2D eigenvalue weighted by Crippen LogP contribution is -2.55. The van der Waals surface area contributed by atoms with E-state index in [1.54, 1.807) is 36.4 Å². The molecule has 1 fully saturated rings. The van der Waals surface area contributed by atoms with Gasteiger partial charge in [-0.25, -0.2) is 9.59 Å². The van der Waals surface area contributed by atoms with E-state index in [0.717, 1.165) is 14.7 Å². The summed E-state index contributed by atoms with van der Waals surface area (Å²) in [6, 6.07) is 8.55. The fourth-order valence-corrected chi connectivity index (χ4v) is 4.34. The molecule has 1 aromatic carbocycles. The van der Waals surface area contributed by atoms with Crippen molar-refractivity contribution in [3.05, 3.63) is 68.4 Å². The third kappa shape index (κ3) is 5.76. The molecular weight excluding hydrogens is 521 g/mol. The van der Waals surface area contributed by atoms with Gasteiger partial charge in [-0.15, -0.1) is 0 Å². The number of imidazole rings is 1. The molecule has 1 saturated heterocycles. The van der Waals surface area contributed by atoms with Crippen LogP contribution in [0.15, 0.2) is 51.6 Å². The van der Waals surface area contributed by atoms with E-state index in [-0.39, 0.29) is 43.3 Å². The van der Waals surface area contributed by atoms with Crippen LogP contribution in [0.25, 0.3) is 11.2 Å². The number of aliphatic hydroxyl groups is 1. The van der Waals surface area contributed by atoms with Crippen LogP contribution in [0, 0.1) is 0 Å². The molecule has 0 bridgehead atoms. The van der Waals surface area contributed by atoms with Gasteiger partial charge in [0.1, 0.15) is 0 Å². The van der Waals surface area contributed by atoms with E-state index in [1.807, 2.05) is 13.8 Å². The maximum Gasteiger partial charge on any atom is 0.491 e. The highest BCUT2D eigenvalue weighted by molar-refractivity contribution is 5.77. The molecule has 3 aromatic rings. The number of allylic oxidation sites excluding steroid dienone is 2. The zero-order valence-corrected chi connectivity index (χ0v) is 21.6. The predicted molar refractivity (Wildman–Crippen MR) is 136 cm³/mol. The first-order valence-electron chi connectivity index (χ1n) is 12.2. The Labute approximate surface area is 220 Å². The predicted octanol–water partition coefficient (Wildman–Crippen LogP) is 1.44. The molecule has 0 amide bonds. The summed E-state index contributed by atoms with van der Waals surface area (Å²) in [7, 11) is 1.41. The lowest BCUT2D eigenvalue weighted by atomic mass is 10.1. The topological polar surface area (TPSA) is 124 Å². The number of fused-ring (bicyclic) bond motifs is 1. The van der Waals surface area contributed by atoms with Crippen LogP contribution in [0.2, 0.25) is 0 Å². The molecule has 4 rings (SSSR count). The van der Waals surface area contributed by atoms with Gasteiger partial charge in [0, 0.05) is 26.7 Å². The van der Waals surface area contributed by atoms with E-state index in [4.69, 9.17) is 4.74 Å². The molecule has 0 spiro atoms. The Morgan fingerprint density at radius 1 is 1.23 bits per heavy atom. The van der Waals surface area contributed by atoms with Crippen molar-refractivity contribution in [2.45, 2.75) is 45.4 Å². The van der Waals surface area contributed by atoms with E-state index in [9.17, 15) is 32.7 Å². The maximum absolute atomic E-state index is 13.7. The highest BCUT2D eigenvalue weighted by atomic mass is 19.4. The first-order valence-corrected chi connectivity index (χ1v) is 12.2. The van der Waals surface area contributed by atoms with Crippen LogP contribution in [-0.2, 0) is 29.7 Å². The molecule has 1 aliphatic rings. The number of anilines is 1. The molecule has 0 aliphatic carbocycles. The van der Waals surface area contributed by atoms with E-state index >= 15 is 0 Å². The van der Waals surface area contributed by atoms with Crippen molar-refractivity contribution in [3.8, 4) is 0 Å². The van der Waals surface area contributed by atoms with Crippen molar-refractivity contribution < 1.29 is 27.8 Å². The van der Waals surface area contributed by atoms with Crippen molar-refractivity contribution in [2.24, 2.45) is 7.05 Å². The number of benzene rings is 1. The summed E-state index contributed by atoms with van der Waals surface area (Å²) < 4.78 is 47.2. The molecule has 11 nitrogen and oxygen atoms in total. The van der Waals surface area contributed by atoms with Crippen molar-refractivity contribution in [2.75, 3.05) is 24.5 Å². The summed E-state index contributed by atoms with van der Waals surface area (Å²) in [5.74, 6) is -2.28. The quantitative estimate of drug-likeness (QED) is 0.335. The average molecular weight is 551 g/mol. The Morgan fingerprint density at radius 3 is 2.56 bits per heavy atom. The number of nitrogens with zero attached hydrogens (tertiary/aromatic N) is 5. The zero-order valence-electron chi connectivity index (χ0n) is 21.6. The highest BCUT2D eigenvalue weighted by Crippen LogP contribution is 2.26. The number of carbonyl (C=O) groups is 1. The second kappa shape index (κ2) is 11.1. The van der Waals surface area contributed by atoms with Gasteiger partial charge in [0.15, 0.2) is 17.4 Å². The average Bonchev–Trinajstić information content (AvgIpc) is 3.28. The zero-order chi connectivity index (χ0) is 28.5. The van der Waals surface area contributed by atoms with Crippen molar-refractivity contribution in [3.63, 3.8) is 0 Å². The normalized spacial score (nSPS) is 16.8. The van der Waals surface area contributed by atoms with Gasteiger partial charge in [-0.2, -0.15) is 18.2 Å². The number of aromatic nitrogens is 4. The summed E-state index contributed by atoms with van der Waals surface area (Å²) in [4.78, 5) is 44.4. The van der Waals surface area contributed by atoms with Gasteiger partial charge in [0.2, 0.25) is 5.95 Å². The van der Waals surface area contributed by atoms with Crippen molar-refractivity contribution >= 4 is 23.1 Å². The second-order valence-electron chi connectivity index (χ2n) is 9.42. The number of nitrogens with one attached hydrogen (secondary N) is 1. The summed E-state index contributed by atoms with van der Waals surface area (Å²) in [5.41, 5.74) is -0.00576. The number of hydrogen-bond donors (Lipinski definition) is 2. The Bertz CT molecular complexity index is 1500. The second-order valence-corrected chi connectivity index (χ2v) is 9.42. The largest absolute Gasteiger partial charge is 0.491 e. The number of esters is 1. The molecule has 210 valence electrons. The smallest absolute Gasteiger partial charge is 0.433 e. The number of halogens is 3. The minimum absolute atomic E-state index is 0.00652. The monoisotopic (exact) mass is 550 g/mol. The molecular formula is C25H29F3N6O5. The van der Waals surface area contributed by atoms with Crippen LogP contribution < -0.4 is 21.5 Å². The molecule has 2 aromatic heterocycles. The number of piperazine rings is 1. The number of alkyl halides is 3. The molecule has 0 radical (unpaired) electrons. The summed E-state index contributed by atoms with van der Waals surface area (Å²) >= 11 is 0. The Kier molecular flexibility index (Phi) is 7.97. The molecule has 2 unspecified atom stereocenters. The standard InChI is InChI=1S/C25H29F3N6O5/c1-15(2)9-11-33-19-20(30-23(33)32-12-10-29-13-18(32)39-22(37)25(26,27)28)31(3)24(38)34(21(19)36)14-17(35)16-7-5-4-6-8-16/h4-9,17-18,29,35H,10-14H2,1-3H3. The fourth-order valence-electron chi connectivity index (χ4n) is 4.34. The van der Waals surface area contributed by atoms with Crippen LogP contribution in [0.1, 0.15) is 25.5 Å². The number of aliphatic hydroxyl groups excluding tert-OH is 1. The van der Waals surface area contributed by atoms with Crippen LogP contribution in [0.3, 0.4) is 0 Å². The lowest BCUT2D eigenvalue weighted by molar-refractivity contribution is -0.205. The van der Waals surface area contributed by atoms with Crippen molar-refractivity contribution in [1.82, 2.24) is 24.0 Å². The number of carbonyl (C=O) groups excluding carboxylic acids is 1. The van der Waals surface area contributed by atoms with Gasteiger partial charge in [0.05, 0.1) is 19.2 Å². The molecule has 39 heavy (non-hydrogen) atoms. The fraction of sp³-hybridized carbons (Fsp3) is 0.440. The number of rotatable bonds is 7. The number of aryl methyl sites for hydroxylation is 1. The van der Waals surface area contributed by atoms with Crippen LogP contribution >= 0.6 is 0 Å². The Hall–Kier alpha value is -3.91. The highest BCUT2D eigenvalue weighted by Gasteiger charge is 2.44. The van der Waals surface area contributed by atoms with E-state index < -0.39 is 35.7 Å². The molecule has 3 heterocycles. The van der Waals surface area contributed by atoms with E-state index in [1.165, 1.54) is 16.5 Å². The first-order chi connectivity index (χ1) is 18.4. The van der Waals surface area contributed by atoms with Crippen LogP contribution in [0.4, 0.5) is 19.1 Å². The third-order valence-electron chi connectivity index (χ3n) is 6.36. The minimum Gasteiger partial charge on any atom is -0.433 e. The Morgan fingerprint density at radius 2 is 1.92 bits per heavy atom. The van der Waals surface area contributed by atoms with Crippen molar-refractivity contribution in [1.29, 1.82) is 0 Å². The first kappa shape index (κ1) is 28.1. The van der Waals surface area contributed by atoms with Gasteiger partial charge in [-0.3, -0.25) is 13.9 Å². The van der Waals surface area contributed by atoms with Gasteiger partial charge < -0.3 is 24.6 Å². The van der Waals surface area contributed by atoms with Gasteiger partial charge in [0.25, 0.3) is 5.56 Å². The molecule has 2 N–H and O–H groups in total. The SMILES string of the molecule is CC(C)=CCn1c(N2CCNCC2OC(=O)C(F)(F)F)nc2c1c(=O)n(CC(O)c1ccccc1)c(=O)n2C. The van der Waals surface area contributed by atoms with Gasteiger partial charge in [-0.05, 0) is 19.4 Å². The maximum atomic E-state index is 13.7. The van der Waals surface area contributed by atoms with Gasteiger partial charge in [-0.1, -0.05) is 42.0 Å². The third-order valence-corrected chi connectivity index (χ3v) is 6.36. The molecule has 1 aliphatic heterocycles. The number of hydrogen-bond acceptors (Lipinski definition) is 8.